The van der Waals surface area contributed by atoms with Crippen molar-refractivity contribution in [3.8, 4) is 0 Å². The number of Topliss-reactive ketones (excluding diaryl/α,β-unsaturated/α-hetero) is 1. The number of anilines is 1. The van der Waals surface area contributed by atoms with Gasteiger partial charge in [0.25, 0.3) is 11.7 Å². The van der Waals surface area contributed by atoms with Gasteiger partial charge in [-0.2, -0.15) is 5.10 Å². The van der Waals surface area contributed by atoms with Gasteiger partial charge in [-0.3, -0.25) is 19.2 Å². The maximum absolute atomic E-state index is 12.2. The predicted molar refractivity (Wildman–Crippen MR) is 82.3 cm³/mol. The second kappa shape index (κ2) is 5.11. The highest BCUT2D eigenvalue weighted by Gasteiger charge is 2.36. The topological polar surface area (TPSA) is 55.2 Å². The van der Waals surface area contributed by atoms with Crippen molar-refractivity contribution in [1.29, 1.82) is 0 Å². The molecule has 1 amide bonds. The van der Waals surface area contributed by atoms with E-state index in [1.54, 1.807) is 18.2 Å². The summed E-state index contributed by atoms with van der Waals surface area (Å²) in [6.45, 7) is 4.94. The van der Waals surface area contributed by atoms with Gasteiger partial charge in [-0.05, 0) is 41.9 Å². The summed E-state index contributed by atoms with van der Waals surface area (Å²) in [5.41, 5.74) is 2.91. The molecule has 2 heterocycles. The van der Waals surface area contributed by atoms with Crippen molar-refractivity contribution < 1.29 is 9.59 Å². The number of benzene rings is 1. The Kier molecular flexibility index (Phi) is 3.41. The summed E-state index contributed by atoms with van der Waals surface area (Å²) in [6.07, 6.45) is 0. The minimum absolute atomic E-state index is 0.330. The summed E-state index contributed by atoms with van der Waals surface area (Å²) in [5.74, 6) is -0.925. The Labute approximate surface area is 130 Å². The van der Waals surface area contributed by atoms with Crippen LogP contribution in [-0.4, -0.2) is 21.5 Å². The average Bonchev–Trinajstić information content (AvgIpc) is 2.90. The van der Waals surface area contributed by atoms with Gasteiger partial charge in [-0.15, -0.1) is 0 Å². The smallest absolute Gasteiger partial charge is 0.299 e. The van der Waals surface area contributed by atoms with E-state index in [1.807, 2.05) is 24.6 Å². The molecule has 0 saturated heterocycles. The van der Waals surface area contributed by atoms with Crippen molar-refractivity contribution in [2.75, 3.05) is 4.90 Å². The number of aryl methyl sites for hydroxylation is 2. The second-order valence-electron chi connectivity index (χ2n) is 4.90. The van der Waals surface area contributed by atoms with Crippen LogP contribution in [0.3, 0.4) is 0 Å². The number of aromatic nitrogens is 2. The third-order valence-electron chi connectivity index (χ3n) is 3.64. The number of amides is 1. The maximum atomic E-state index is 12.2. The van der Waals surface area contributed by atoms with E-state index in [0.29, 0.717) is 24.3 Å². The quantitative estimate of drug-likeness (QED) is 0.802. The van der Waals surface area contributed by atoms with Gasteiger partial charge in [-0.25, -0.2) is 0 Å². The van der Waals surface area contributed by atoms with Gasteiger partial charge in [0.1, 0.15) is 0 Å². The van der Waals surface area contributed by atoms with Crippen LogP contribution in [0.4, 0.5) is 5.69 Å². The first kappa shape index (κ1) is 14.0. The van der Waals surface area contributed by atoms with E-state index in [-0.39, 0.29) is 0 Å². The number of para-hydroxylation sites is 1. The molecule has 0 aliphatic carbocycles. The zero-order valence-electron chi connectivity index (χ0n) is 11.8. The zero-order valence-corrected chi connectivity index (χ0v) is 13.3. The Bertz CT molecular complexity index is 751. The largest absolute Gasteiger partial charge is 0.299 e. The van der Waals surface area contributed by atoms with Gasteiger partial charge in [0.05, 0.1) is 33.7 Å². The van der Waals surface area contributed by atoms with Gasteiger partial charge < -0.3 is 0 Å². The number of ketones is 1. The molecule has 0 radical (unpaired) electrons. The minimum Gasteiger partial charge on any atom is -0.299 e. The molecule has 0 fully saturated rings. The average molecular weight is 348 g/mol. The van der Waals surface area contributed by atoms with E-state index in [0.717, 1.165) is 15.9 Å². The highest BCUT2D eigenvalue weighted by atomic mass is 79.9. The van der Waals surface area contributed by atoms with Crippen LogP contribution in [0.2, 0.25) is 0 Å². The lowest BCUT2D eigenvalue weighted by atomic mass is 10.1. The summed E-state index contributed by atoms with van der Waals surface area (Å²) < 4.78 is 2.73. The fourth-order valence-electron chi connectivity index (χ4n) is 2.57. The number of carbonyl (C=O) groups excluding carboxylic acids is 2. The molecule has 1 aromatic heterocycles. The molecular weight excluding hydrogens is 334 g/mol. The molecule has 1 aromatic carbocycles. The summed E-state index contributed by atoms with van der Waals surface area (Å²) in [4.78, 5) is 25.8. The lowest BCUT2D eigenvalue weighted by Crippen LogP contribution is -2.30. The molecular formula is C15H14BrN3O2. The van der Waals surface area contributed by atoms with E-state index in [1.165, 1.54) is 4.90 Å². The molecule has 0 unspecified atom stereocenters. The molecule has 108 valence electrons. The van der Waals surface area contributed by atoms with Crippen LogP contribution in [0.15, 0.2) is 28.7 Å². The number of hydrogen-bond acceptors (Lipinski definition) is 3. The van der Waals surface area contributed by atoms with Crippen molar-refractivity contribution >= 4 is 33.3 Å². The zero-order chi connectivity index (χ0) is 15.1. The van der Waals surface area contributed by atoms with Crippen molar-refractivity contribution in [2.24, 2.45) is 0 Å². The van der Waals surface area contributed by atoms with Crippen LogP contribution in [0, 0.1) is 6.92 Å². The molecule has 0 atom stereocenters. The van der Waals surface area contributed by atoms with Crippen molar-refractivity contribution in [3.05, 3.63) is 45.7 Å². The predicted octanol–water partition coefficient (Wildman–Crippen LogP) is 2.70. The fraction of sp³-hybridized carbons (Fsp3) is 0.267. The third-order valence-corrected chi connectivity index (χ3v) is 4.67. The molecule has 21 heavy (non-hydrogen) atoms. The summed E-state index contributed by atoms with van der Waals surface area (Å²) in [7, 11) is 0. The Morgan fingerprint density at radius 3 is 2.67 bits per heavy atom. The van der Waals surface area contributed by atoms with Crippen LogP contribution in [0.5, 0.6) is 0 Å². The molecule has 1 aliphatic heterocycles. The SMILES string of the molecule is CCn1nc(C)c(Br)c1CN1C(=O)C(=O)c2ccccc21. The molecule has 0 bridgehead atoms. The monoisotopic (exact) mass is 347 g/mol. The number of hydrogen-bond donors (Lipinski definition) is 0. The number of carbonyl (C=O) groups is 2. The molecule has 0 N–H and O–H groups in total. The summed E-state index contributed by atoms with van der Waals surface area (Å²) in [5, 5.41) is 4.42. The van der Waals surface area contributed by atoms with E-state index in [2.05, 4.69) is 21.0 Å². The summed E-state index contributed by atoms with van der Waals surface area (Å²) in [6, 6.07) is 7.08. The number of rotatable bonds is 3. The van der Waals surface area contributed by atoms with Crippen molar-refractivity contribution in [2.45, 2.75) is 26.9 Å². The number of nitrogens with zero attached hydrogens (tertiary/aromatic N) is 3. The number of halogens is 1. The van der Waals surface area contributed by atoms with Crippen molar-refractivity contribution in [1.82, 2.24) is 9.78 Å². The van der Waals surface area contributed by atoms with Crippen LogP contribution in [-0.2, 0) is 17.9 Å². The first-order valence-electron chi connectivity index (χ1n) is 6.71. The van der Waals surface area contributed by atoms with Crippen LogP contribution in [0.25, 0.3) is 0 Å². The van der Waals surface area contributed by atoms with E-state index in [9.17, 15) is 9.59 Å². The molecule has 0 spiro atoms. The van der Waals surface area contributed by atoms with E-state index in [4.69, 9.17) is 0 Å². The highest BCUT2D eigenvalue weighted by molar-refractivity contribution is 9.10. The van der Waals surface area contributed by atoms with Crippen LogP contribution in [0.1, 0.15) is 28.7 Å². The normalized spacial score (nSPS) is 14.0. The second-order valence-corrected chi connectivity index (χ2v) is 5.69. The Morgan fingerprint density at radius 2 is 1.95 bits per heavy atom. The minimum atomic E-state index is -0.482. The molecule has 1 aliphatic rings. The van der Waals surface area contributed by atoms with Gasteiger partial charge in [-0.1, -0.05) is 12.1 Å². The fourth-order valence-corrected chi connectivity index (χ4v) is 2.98. The first-order valence-corrected chi connectivity index (χ1v) is 7.51. The molecule has 2 aromatic rings. The van der Waals surface area contributed by atoms with E-state index >= 15 is 0 Å². The van der Waals surface area contributed by atoms with Crippen molar-refractivity contribution in [3.63, 3.8) is 0 Å². The molecule has 3 rings (SSSR count). The van der Waals surface area contributed by atoms with E-state index < -0.39 is 11.7 Å². The molecule has 0 saturated carbocycles. The van der Waals surface area contributed by atoms with Gasteiger partial charge in [0.2, 0.25) is 0 Å². The molecule has 5 nitrogen and oxygen atoms in total. The van der Waals surface area contributed by atoms with Crippen LogP contribution >= 0.6 is 15.9 Å². The maximum Gasteiger partial charge on any atom is 0.299 e. The van der Waals surface area contributed by atoms with Gasteiger partial charge >= 0.3 is 0 Å². The Hall–Kier alpha value is -1.95. The third kappa shape index (κ3) is 2.10. The standard InChI is InChI=1S/C15H14BrN3O2/c1-3-19-12(13(16)9(2)17-19)8-18-11-7-5-4-6-10(11)14(20)15(18)21/h4-7H,3,8H2,1-2H3. The summed E-state index contributed by atoms with van der Waals surface area (Å²) >= 11 is 3.52. The Balaban J connectivity index is 2.03. The lowest BCUT2D eigenvalue weighted by molar-refractivity contribution is -0.114. The van der Waals surface area contributed by atoms with Crippen LogP contribution < -0.4 is 4.90 Å². The highest BCUT2D eigenvalue weighted by Crippen LogP contribution is 2.32. The molecule has 6 heteroatoms. The first-order chi connectivity index (χ1) is 10.0. The number of fused-ring (bicyclic) bond motifs is 1. The van der Waals surface area contributed by atoms with Gasteiger partial charge in [0, 0.05) is 6.54 Å². The Morgan fingerprint density at radius 1 is 1.24 bits per heavy atom. The lowest BCUT2D eigenvalue weighted by Gasteiger charge is -2.17. The van der Waals surface area contributed by atoms with Gasteiger partial charge in [0.15, 0.2) is 0 Å².